The van der Waals surface area contributed by atoms with E-state index in [1.807, 2.05) is 187 Å². The third-order valence-corrected chi connectivity index (χ3v) is 18.8. The van der Waals surface area contributed by atoms with E-state index in [0.29, 0.717) is 160 Å². The SMILES string of the molecule is C=CC(=O)Nc1cc(Nc2nc(N(C)CCN(C)c3cc(OC)c(Nc4nc(CN(C)CCN(C)c5cc(OC)c(Nc6nccc(-n7nc(N)c8ccccc87)n6)cc5NC(=O)C=C)cc(-c5nc(CO)c6ccccn56)n4)cc3NC(=O)C=C)cc(-n3cc(CN)c4ccccc43)n2)c(OC)cc1N(C)CCN(C)C. The van der Waals surface area contributed by atoms with Crippen molar-refractivity contribution in [1.29, 1.82) is 0 Å². The van der Waals surface area contributed by atoms with Gasteiger partial charge < -0.3 is 91.8 Å². The Bertz CT molecular complexity index is 5500. The van der Waals surface area contributed by atoms with Crippen molar-refractivity contribution in [3.05, 3.63) is 195 Å². The first kappa shape index (κ1) is 77.9. The van der Waals surface area contributed by atoms with Crippen molar-refractivity contribution in [1.82, 2.24) is 63.4 Å². The van der Waals surface area contributed by atoms with Crippen LogP contribution >= 0.6 is 0 Å². The Morgan fingerprint density at radius 3 is 1.61 bits per heavy atom. The molecule has 0 fully saturated rings. The molecular weight excluding hydrogens is 1420 g/mol. The molecule has 3 amide bonds. The molecule has 11 N–H and O–H groups in total. The lowest BCUT2D eigenvalue weighted by atomic mass is 10.2. The number of nitrogens with one attached hydrogen (secondary N) is 6. The zero-order valence-corrected chi connectivity index (χ0v) is 64.2. The molecule has 12 aromatic rings. The number of nitrogens with two attached hydrogens (primary N) is 2. The second kappa shape index (κ2) is 34.7. The summed E-state index contributed by atoms with van der Waals surface area (Å²) in [5.41, 5.74) is 22.1. The predicted molar refractivity (Wildman–Crippen MR) is 443 cm³/mol. The van der Waals surface area contributed by atoms with Crippen LogP contribution < -0.4 is 77.2 Å². The van der Waals surface area contributed by atoms with Gasteiger partial charge in [0.1, 0.15) is 34.6 Å². The normalized spacial score (nSPS) is 11.2. The number of para-hydroxylation sites is 2. The van der Waals surface area contributed by atoms with Crippen LogP contribution in [0.2, 0.25) is 0 Å². The molecule has 0 atom stereocenters. The van der Waals surface area contributed by atoms with Crippen LogP contribution in [-0.2, 0) is 34.1 Å². The maximum atomic E-state index is 13.5. The molecule has 7 heterocycles. The monoisotopic (exact) mass is 1510 g/mol. The van der Waals surface area contributed by atoms with Gasteiger partial charge in [-0.15, -0.1) is 5.10 Å². The molecular formula is C80H91N25O7. The number of ether oxygens (including phenoxy) is 3. The Hall–Kier alpha value is -13.7. The topological polar surface area (TPSA) is 360 Å². The number of hydrogen-bond donors (Lipinski definition) is 9. The second-order valence-electron chi connectivity index (χ2n) is 26.7. The third kappa shape index (κ3) is 17.4. The summed E-state index contributed by atoms with van der Waals surface area (Å²) in [5, 5.41) is 36.0. The number of fused-ring (bicyclic) bond motifs is 3. The first-order valence-electron chi connectivity index (χ1n) is 35.8. The number of amides is 3. The molecule has 0 unspecified atom stereocenters. The van der Waals surface area contributed by atoms with Crippen molar-refractivity contribution in [3.63, 3.8) is 0 Å². The number of aromatic nitrogens is 11. The number of rotatable bonds is 35. The molecule has 0 aliphatic heterocycles. The summed E-state index contributed by atoms with van der Waals surface area (Å²) in [5.74, 6) is 3.03. The van der Waals surface area contributed by atoms with Gasteiger partial charge in [-0.05, 0) is 99.5 Å². The maximum Gasteiger partial charge on any atom is 0.247 e. The van der Waals surface area contributed by atoms with E-state index in [-0.39, 0.29) is 30.4 Å². The molecule has 0 saturated heterocycles. The minimum Gasteiger partial charge on any atom is -0.494 e. The number of nitrogens with zero attached hydrogens (tertiary/aromatic N) is 17. The van der Waals surface area contributed by atoms with Gasteiger partial charge in [-0.2, -0.15) is 15.0 Å². The van der Waals surface area contributed by atoms with Crippen LogP contribution in [0, 0.1) is 0 Å². The molecule has 112 heavy (non-hydrogen) atoms. The quantitative estimate of drug-likeness (QED) is 0.0167. The van der Waals surface area contributed by atoms with Crippen LogP contribution in [-0.4, -0.2) is 196 Å². The molecule has 0 radical (unpaired) electrons. The highest BCUT2D eigenvalue weighted by molar-refractivity contribution is 6.04. The molecule has 12 rings (SSSR count). The summed E-state index contributed by atoms with van der Waals surface area (Å²) in [6.07, 6.45) is 9.04. The molecule has 0 saturated carbocycles. The molecule has 0 spiro atoms. The van der Waals surface area contributed by atoms with Gasteiger partial charge in [-0.25, -0.2) is 24.6 Å². The van der Waals surface area contributed by atoms with Gasteiger partial charge in [0.05, 0.1) is 107 Å². The number of benzene rings is 5. The lowest BCUT2D eigenvalue weighted by Gasteiger charge is -2.28. The van der Waals surface area contributed by atoms with E-state index in [1.165, 1.54) is 18.2 Å². The molecule has 578 valence electrons. The van der Waals surface area contributed by atoms with Gasteiger partial charge in [-0.3, -0.25) is 23.7 Å². The van der Waals surface area contributed by atoms with Crippen molar-refractivity contribution in [2.75, 3.05) is 167 Å². The number of aliphatic hydroxyl groups is 1. The van der Waals surface area contributed by atoms with Gasteiger partial charge in [0.25, 0.3) is 0 Å². The van der Waals surface area contributed by atoms with Crippen molar-refractivity contribution in [2.24, 2.45) is 5.73 Å². The summed E-state index contributed by atoms with van der Waals surface area (Å²) in [4.78, 5) is 86.3. The van der Waals surface area contributed by atoms with Gasteiger partial charge in [0.15, 0.2) is 17.5 Å². The summed E-state index contributed by atoms with van der Waals surface area (Å²) >= 11 is 0. The highest BCUT2D eigenvalue weighted by Crippen LogP contribution is 2.42. The summed E-state index contributed by atoms with van der Waals surface area (Å²) in [7, 11) is 18.3. The van der Waals surface area contributed by atoms with Crippen LogP contribution in [0.25, 0.3) is 50.5 Å². The van der Waals surface area contributed by atoms with E-state index in [2.05, 4.69) is 71.5 Å². The standard InChI is InChI=1S/C80H91N25O7/c1-14-73(107)85-53-38-56(89-78-83-29-28-70(93-78)105-62-26-20-18-24-52(62)76(82)96-105)67(110-11)42-65(53)100(8)34-32-98(6)47-50-37-59(77-88-60(48-106)63-27-21-22-30-103(63)77)92-79(84-50)90-57-39-55(87-75(109)16-3)66(43-68(57)111-12)101(9)35-36-102(10)71-44-72(104-46-49(45-81)51-23-17-19-25-61(51)104)95-80(94-71)91-58-40-54(86-74(108)15-2)64(41-69(58)112-13)99(7)33-31-97(4)5/h14-30,37-44,46,106H,1-3,31-36,45,47-48,81H2,4-13H3,(H2,82,96)(H,85,107)(H,86,108)(H,87,109)(H,83,89,93)(H,84,90,92)(H,91,94,95). The summed E-state index contributed by atoms with van der Waals surface area (Å²) in [6.45, 7) is 14.5. The van der Waals surface area contributed by atoms with E-state index in [4.69, 9.17) is 55.6 Å². The zero-order chi connectivity index (χ0) is 79.4. The van der Waals surface area contributed by atoms with Crippen molar-refractivity contribution < 1.29 is 33.7 Å². The second-order valence-corrected chi connectivity index (χ2v) is 26.7. The Labute approximate surface area is 647 Å². The number of imidazole rings is 1. The van der Waals surface area contributed by atoms with Crippen LogP contribution in [0.5, 0.6) is 17.2 Å². The van der Waals surface area contributed by atoms with Gasteiger partial charge in [-0.1, -0.05) is 56.1 Å². The van der Waals surface area contributed by atoms with Gasteiger partial charge in [0.2, 0.25) is 35.6 Å². The zero-order valence-electron chi connectivity index (χ0n) is 64.2. The highest BCUT2D eigenvalue weighted by Gasteiger charge is 2.25. The fraction of sp³-hybridized carbons (Fsp3) is 0.237. The number of anilines is 14. The van der Waals surface area contributed by atoms with Crippen LogP contribution in [0.3, 0.4) is 0 Å². The van der Waals surface area contributed by atoms with Crippen molar-refractivity contribution in [2.45, 2.75) is 19.7 Å². The van der Waals surface area contributed by atoms with Crippen LogP contribution in [0.1, 0.15) is 17.0 Å². The molecule has 0 bridgehead atoms. The Kier molecular flexibility index (Phi) is 24.1. The molecule has 0 aliphatic rings. The van der Waals surface area contributed by atoms with Gasteiger partial charge >= 0.3 is 0 Å². The fourth-order valence-corrected chi connectivity index (χ4v) is 12.8. The fourth-order valence-electron chi connectivity index (χ4n) is 12.8. The lowest BCUT2D eigenvalue weighted by molar-refractivity contribution is -0.112. The summed E-state index contributed by atoms with van der Waals surface area (Å²) in [6, 6.07) is 37.4. The largest absolute Gasteiger partial charge is 0.494 e. The van der Waals surface area contributed by atoms with E-state index < -0.39 is 11.8 Å². The Morgan fingerprint density at radius 1 is 0.536 bits per heavy atom. The molecule has 7 aromatic heterocycles. The van der Waals surface area contributed by atoms with E-state index in [9.17, 15) is 19.5 Å². The number of nitrogen functional groups attached to an aromatic ring is 1. The smallest absolute Gasteiger partial charge is 0.247 e. The minimum absolute atomic E-state index is 0.169. The number of aliphatic hydroxyl groups excluding tert-OH is 1. The van der Waals surface area contributed by atoms with Gasteiger partial charge in [0, 0.05) is 140 Å². The van der Waals surface area contributed by atoms with E-state index in [1.54, 1.807) is 56.5 Å². The van der Waals surface area contributed by atoms with Crippen LogP contribution in [0.15, 0.2) is 178 Å². The lowest BCUT2D eigenvalue weighted by Crippen LogP contribution is -2.32. The minimum atomic E-state index is -0.463. The average Bonchev–Trinajstić information content (AvgIpc) is 1.64. The number of carbonyl (C=O) groups is 3. The third-order valence-electron chi connectivity index (χ3n) is 18.8. The van der Waals surface area contributed by atoms with Crippen molar-refractivity contribution in [3.8, 4) is 40.4 Å². The van der Waals surface area contributed by atoms with Crippen molar-refractivity contribution >= 4 is 126 Å². The molecule has 0 aliphatic carbocycles. The number of likely N-dealkylation sites (N-methyl/N-ethyl adjacent to an activating group) is 6. The average molecular weight is 1510 g/mol. The molecule has 32 heteroatoms. The number of carbonyl (C=O) groups excluding carboxylic acids is 3. The van der Waals surface area contributed by atoms with Crippen LogP contribution in [0.4, 0.5) is 80.7 Å². The number of hydrogen-bond acceptors (Lipinski definition) is 26. The molecule has 32 nitrogen and oxygen atoms in total. The summed E-state index contributed by atoms with van der Waals surface area (Å²) < 4.78 is 23.6. The number of pyridine rings is 1. The number of methoxy groups -OCH3 is 3. The molecule has 5 aromatic carbocycles. The highest BCUT2D eigenvalue weighted by atomic mass is 16.5. The maximum absolute atomic E-state index is 13.5. The predicted octanol–water partition coefficient (Wildman–Crippen LogP) is 9.96. The van der Waals surface area contributed by atoms with E-state index in [0.717, 1.165) is 39.6 Å². The first-order chi connectivity index (χ1) is 54.1. The Morgan fingerprint density at radius 2 is 1.04 bits per heavy atom. The first-order valence-corrected chi connectivity index (χ1v) is 35.8. The van der Waals surface area contributed by atoms with E-state index >= 15 is 0 Å². The Balaban J connectivity index is 0.820.